The molecule has 19 heavy (non-hydrogen) atoms. The number of benzene rings is 1. The molecule has 1 N–H and O–H groups in total. The van der Waals surface area contributed by atoms with Gasteiger partial charge in [0, 0.05) is 18.7 Å². The Morgan fingerprint density at radius 3 is 2.79 bits per heavy atom. The van der Waals surface area contributed by atoms with Crippen LogP contribution in [0.4, 0.5) is 8.78 Å². The maximum absolute atomic E-state index is 13.3. The molecule has 4 nitrogen and oxygen atoms in total. The Bertz CT molecular complexity index is 609. The summed E-state index contributed by atoms with van der Waals surface area (Å²) in [6.07, 6.45) is 2.25. The van der Waals surface area contributed by atoms with E-state index in [1.807, 2.05) is 6.92 Å². The van der Waals surface area contributed by atoms with Gasteiger partial charge in [0.1, 0.15) is 6.04 Å². The highest BCUT2D eigenvalue weighted by molar-refractivity contribution is 5.83. The van der Waals surface area contributed by atoms with Gasteiger partial charge < -0.3 is 9.88 Å². The lowest BCUT2D eigenvalue weighted by atomic mass is 10.2. The fourth-order valence-electron chi connectivity index (χ4n) is 1.85. The number of hydrogen-bond donors (Lipinski definition) is 1. The van der Waals surface area contributed by atoms with Crippen molar-refractivity contribution >= 4 is 16.9 Å². The van der Waals surface area contributed by atoms with Crippen molar-refractivity contribution in [3.63, 3.8) is 0 Å². The molecule has 0 aliphatic carbocycles. The van der Waals surface area contributed by atoms with E-state index in [4.69, 9.17) is 0 Å². The molecule has 1 unspecified atom stereocenters. The number of aromatic nitrogens is 2. The highest BCUT2D eigenvalue weighted by Gasteiger charge is 2.18. The lowest BCUT2D eigenvalue weighted by Crippen LogP contribution is -2.31. The van der Waals surface area contributed by atoms with Crippen LogP contribution >= 0.6 is 0 Å². The van der Waals surface area contributed by atoms with E-state index in [0.29, 0.717) is 17.6 Å². The van der Waals surface area contributed by atoms with Gasteiger partial charge in [0.25, 0.3) is 0 Å². The number of halogens is 2. The minimum absolute atomic E-state index is 0.175. The van der Waals surface area contributed by atoms with Crippen LogP contribution in [0.25, 0.3) is 11.0 Å². The maximum Gasteiger partial charge on any atom is 0.242 e. The number of carbonyl (C=O) groups is 1. The Labute approximate surface area is 109 Å². The molecular formula is C13H15F2N3O. The van der Waals surface area contributed by atoms with Gasteiger partial charge in [-0.1, -0.05) is 6.92 Å². The van der Waals surface area contributed by atoms with Crippen LogP contribution in [0, 0.1) is 11.6 Å². The SMILES string of the molecule is CCCNC(=O)C(C)n1cnc2cc(F)c(F)cc21. The zero-order valence-electron chi connectivity index (χ0n) is 10.8. The molecule has 0 radical (unpaired) electrons. The molecule has 0 saturated heterocycles. The van der Waals surface area contributed by atoms with Crippen molar-refractivity contribution in [3.8, 4) is 0 Å². The van der Waals surface area contributed by atoms with Crippen molar-refractivity contribution in [1.29, 1.82) is 0 Å². The highest BCUT2D eigenvalue weighted by atomic mass is 19.2. The summed E-state index contributed by atoms with van der Waals surface area (Å²) in [6.45, 7) is 4.22. The van der Waals surface area contributed by atoms with Crippen molar-refractivity contribution in [2.45, 2.75) is 26.3 Å². The fraction of sp³-hybridized carbons (Fsp3) is 0.385. The van der Waals surface area contributed by atoms with Crippen LogP contribution in [0.2, 0.25) is 0 Å². The van der Waals surface area contributed by atoms with E-state index in [2.05, 4.69) is 10.3 Å². The van der Waals surface area contributed by atoms with Crippen molar-refractivity contribution < 1.29 is 13.6 Å². The van der Waals surface area contributed by atoms with Crippen LogP contribution in [0.3, 0.4) is 0 Å². The monoisotopic (exact) mass is 267 g/mol. The number of hydrogen-bond acceptors (Lipinski definition) is 2. The molecule has 0 fully saturated rings. The topological polar surface area (TPSA) is 46.9 Å². The van der Waals surface area contributed by atoms with Gasteiger partial charge in [-0.3, -0.25) is 4.79 Å². The van der Waals surface area contributed by atoms with E-state index in [-0.39, 0.29) is 5.91 Å². The Balaban J connectivity index is 2.34. The minimum atomic E-state index is -0.949. The summed E-state index contributed by atoms with van der Waals surface area (Å²) in [5, 5.41) is 2.76. The molecule has 102 valence electrons. The number of fused-ring (bicyclic) bond motifs is 1. The van der Waals surface area contributed by atoms with Crippen LogP contribution in [-0.4, -0.2) is 22.0 Å². The van der Waals surface area contributed by atoms with Gasteiger partial charge in [-0.05, 0) is 13.3 Å². The summed E-state index contributed by atoms with van der Waals surface area (Å²) in [4.78, 5) is 15.8. The molecule has 1 aromatic carbocycles. The van der Waals surface area contributed by atoms with E-state index in [1.165, 1.54) is 10.9 Å². The number of carbonyl (C=O) groups excluding carboxylic acids is 1. The Kier molecular flexibility index (Phi) is 3.78. The number of amides is 1. The third kappa shape index (κ3) is 2.57. The molecule has 1 atom stereocenters. The minimum Gasteiger partial charge on any atom is -0.354 e. The molecule has 0 bridgehead atoms. The van der Waals surface area contributed by atoms with Crippen molar-refractivity contribution in [1.82, 2.24) is 14.9 Å². The summed E-state index contributed by atoms with van der Waals surface area (Å²) >= 11 is 0. The van der Waals surface area contributed by atoms with Gasteiger partial charge in [0.2, 0.25) is 5.91 Å². The average Bonchev–Trinajstić information content (AvgIpc) is 2.78. The normalized spacial score (nSPS) is 12.6. The summed E-state index contributed by atoms with van der Waals surface area (Å²) in [5.41, 5.74) is 0.729. The zero-order chi connectivity index (χ0) is 14.0. The number of rotatable bonds is 4. The number of imidazole rings is 1. The van der Waals surface area contributed by atoms with Crippen molar-refractivity contribution in [2.75, 3.05) is 6.54 Å². The first-order valence-corrected chi connectivity index (χ1v) is 6.14. The van der Waals surface area contributed by atoms with E-state index < -0.39 is 17.7 Å². The number of nitrogens with zero attached hydrogens (tertiary/aromatic N) is 2. The molecule has 2 aromatic rings. The first-order valence-electron chi connectivity index (χ1n) is 6.14. The quantitative estimate of drug-likeness (QED) is 0.924. The van der Waals surface area contributed by atoms with E-state index >= 15 is 0 Å². The molecule has 0 saturated carbocycles. The standard InChI is InChI=1S/C13H15F2N3O/c1-3-4-16-13(19)8(2)18-7-17-11-5-9(14)10(15)6-12(11)18/h5-8H,3-4H2,1-2H3,(H,16,19). The highest BCUT2D eigenvalue weighted by Crippen LogP contribution is 2.20. The zero-order valence-corrected chi connectivity index (χ0v) is 10.8. The van der Waals surface area contributed by atoms with Crippen molar-refractivity contribution in [3.05, 3.63) is 30.1 Å². The lowest BCUT2D eigenvalue weighted by Gasteiger charge is -2.14. The third-order valence-corrected chi connectivity index (χ3v) is 2.96. The molecule has 1 amide bonds. The van der Waals surface area contributed by atoms with Crippen LogP contribution in [0.1, 0.15) is 26.3 Å². The second kappa shape index (κ2) is 5.34. The summed E-state index contributed by atoms with van der Waals surface area (Å²) < 4.78 is 27.9. The first-order chi connectivity index (χ1) is 9.04. The Morgan fingerprint density at radius 2 is 2.11 bits per heavy atom. The largest absolute Gasteiger partial charge is 0.354 e. The predicted molar refractivity (Wildman–Crippen MR) is 67.7 cm³/mol. The summed E-state index contributed by atoms with van der Waals surface area (Å²) in [7, 11) is 0. The summed E-state index contributed by atoms with van der Waals surface area (Å²) in [6, 6.07) is 1.56. The second-order valence-electron chi connectivity index (χ2n) is 4.37. The molecular weight excluding hydrogens is 252 g/mol. The first kappa shape index (κ1) is 13.5. The maximum atomic E-state index is 13.3. The molecule has 2 rings (SSSR count). The molecule has 0 spiro atoms. The molecule has 0 aliphatic heterocycles. The van der Waals surface area contributed by atoms with Crippen LogP contribution in [0.5, 0.6) is 0 Å². The van der Waals surface area contributed by atoms with Gasteiger partial charge in [-0.15, -0.1) is 0 Å². The fourth-order valence-corrected chi connectivity index (χ4v) is 1.85. The summed E-state index contributed by atoms with van der Waals surface area (Å²) in [5.74, 6) is -2.07. The average molecular weight is 267 g/mol. The van der Waals surface area contributed by atoms with Crippen LogP contribution in [-0.2, 0) is 4.79 Å². The van der Waals surface area contributed by atoms with Gasteiger partial charge in [0.05, 0.1) is 17.4 Å². The Morgan fingerprint density at radius 1 is 1.42 bits per heavy atom. The van der Waals surface area contributed by atoms with Gasteiger partial charge >= 0.3 is 0 Å². The van der Waals surface area contributed by atoms with Gasteiger partial charge in [-0.2, -0.15) is 0 Å². The van der Waals surface area contributed by atoms with Crippen molar-refractivity contribution in [2.24, 2.45) is 0 Å². The molecule has 6 heteroatoms. The molecule has 1 aromatic heterocycles. The van der Waals surface area contributed by atoms with Gasteiger partial charge in [-0.25, -0.2) is 13.8 Å². The van der Waals surface area contributed by atoms with E-state index in [0.717, 1.165) is 18.6 Å². The van der Waals surface area contributed by atoms with Crippen LogP contribution in [0.15, 0.2) is 18.5 Å². The smallest absolute Gasteiger partial charge is 0.242 e. The molecule has 1 heterocycles. The van der Waals surface area contributed by atoms with Crippen LogP contribution < -0.4 is 5.32 Å². The van der Waals surface area contributed by atoms with Gasteiger partial charge in [0.15, 0.2) is 11.6 Å². The second-order valence-corrected chi connectivity index (χ2v) is 4.37. The number of nitrogens with one attached hydrogen (secondary N) is 1. The van der Waals surface area contributed by atoms with E-state index in [9.17, 15) is 13.6 Å². The molecule has 0 aliphatic rings. The van der Waals surface area contributed by atoms with E-state index in [1.54, 1.807) is 6.92 Å². The third-order valence-electron chi connectivity index (χ3n) is 2.96. The Hall–Kier alpha value is -1.98. The predicted octanol–water partition coefficient (Wildman–Crippen LogP) is 2.40. The lowest BCUT2D eigenvalue weighted by molar-refractivity contribution is -0.123.